The van der Waals surface area contributed by atoms with Gasteiger partial charge in [0.15, 0.2) is 0 Å². The van der Waals surface area contributed by atoms with Crippen LogP contribution in [0.4, 0.5) is 16.2 Å². The van der Waals surface area contributed by atoms with E-state index < -0.39 is 6.03 Å². The number of nitrogens with two attached hydrogens (primary N) is 1. The molecule has 0 atom stereocenters. The Morgan fingerprint density at radius 3 is 2.15 bits per heavy atom. The van der Waals surface area contributed by atoms with E-state index in [-0.39, 0.29) is 0 Å². The zero-order valence-electron chi connectivity index (χ0n) is 12.4. The van der Waals surface area contributed by atoms with Gasteiger partial charge in [0.1, 0.15) is 0 Å². The largest absolute Gasteiger partial charge is 0.382 e. The standard InChI is InChI=1S/C16H25N3O/c1-11(2)12-3-5-13(6-4-12)18-14-7-9-15(10-8-14)19-16(17)20/h7-13,18H,3-6H2,1-2H3,(H3,17,19,20). The highest BCUT2D eigenvalue weighted by atomic mass is 16.2. The van der Waals surface area contributed by atoms with Crippen molar-refractivity contribution >= 4 is 17.4 Å². The van der Waals surface area contributed by atoms with E-state index in [1.54, 1.807) is 0 Å². The number of primary amides is 1. The van der Waals surface area contributed by atoms with Crippen LogP contribution in [-0.2, 0) is 0 Å². The van der Waals surface area contributed by atoms with Crippen LogP contribution in [-0.4, -0.2) is 12.1 Å². The maximum Gasteiger partial charge on any atom is 0.316 e. The summed E-state index contributed by atoms with van der Waals surface area (Å²) in [6.45, 7) is 4.64. The summed E-state index contributed by atoms with van der Waals surface area (Å²) in [4.78, 5) is 10.8. The van der Waals surface area contributed by atoms with Crippen LogP contribution in [0.25, 0.3) is 0 Å². The molecule has 1 saturated carbocycles. The smallest absolute Gasteiger partial charge is 0.316 e. The predicted molar refractivity (Wildman–Crippen MR) is 83.9 cm³/mol. The lowest BCUT2D eigenvalue weighted by Crippen LogP contribution is -2.27. The summed E-state index contributed by atoms with van der Waals surface area (Å²) in [5, 5.41) is 6.14. The molecule has 2 rings (SSSR count). The van der Waals surface area contributed by atoms with Crippen LogP contribution in [0.2, 0.25) is 0 Å². The number of hydrogen-bond donors (Lipinski definition) is 3. The molecule has 4 heteroatoms. The molecule has 110 valence electrons. The number of urea groups is 1. The van der Waals surface area contributed by atoms with Crippen molar-refractivity contribution in [2.45, 2.75) is 45.6 Å². The fraction of sp³-hybridized carbons (Fsp3) is 0.562. The van der Waals surface area contributed by atoms with Crippen molar-refractivity contribution in [1.29, 1.82) is 0 Å². The Bertz CT molecular complexity index is 434. The molecule has 4 N–H and O–H groups in total. The highest BCUT2D eigenvalue weighted by Gasteiger charge is 2.22. The van der Waals surface area contributed by atoms with Gasteiger partial charge in [0, 0.05) is 17.4 Å². The zero-order chi connectivity index (χ0) is 14.5. The van der Waals surface area contributed by atoms with Crippen molar-refractivity contribution in [3.05, 3.63) is 24.3 Å². The van der Waals surface area contributed by atoms with Gasteiger partial charge in [0.25, 0.3) is 0 Å². The van der Waals surface area contributed by atoms with Crippen molar-refractivity contribution in [3.8, 4) is 0 Å². The van der Waals surface area contributed by atoms with Gasteiger partial charge < -0.3 is 16.4 Å². The lowest BCUT2D eigenvalue weighted by Gasteiger charge is -2.31. The number of nitrogens with one attached hydrogen (secondary N) is 2. The van der Waals surface area contributed by atoms with E-state index in [1.807, 2.05) is 24.3 Å². The van der Waals surface area contributed by atoms with Crippen molar-refractivity contribution in [3.63, 3.8) is 0 Å². The molecule has 0 radical (unpaired) electrons. The number of amides is 2. The summed E-state index contributed by atoms with van der Waals surface area (Å²) in [6, 6.07) is 7.75. The number of carbonyl (C=O) groups is 1. The number of carbonyl (C=O) groups excluding carboxylic acids is 1. The highest BCUT2D eigenvalue weighted by molar-refractivity contribution is 5.87. The molecule has 0 spiro atoms. The minimum absolute atomic E-state index is 0.530. The Morgan fingerprint density at radius 1 is 1.10 bits per heavy atom. The minimum atomic E-state index is -0.530. The number of anilines is 2. The molecule has 0 heterocycles. The summed E-state index contributed by atoms with van der Waals surface area (Å²) in [6.07, 6.45) is 5.11. The zero-order valence-corrected chi connectivity index (χ0v) is 12.4. The molecule has 0 aliphatic heterocycles. The second-order valence-corrected chi connectivity index (χ2v) is 6.07. The van der Waals surface area contributed by atoms with Crippen LogP contribution in [0.15, 0.2) is 24.3 Å². The average Bonchev–Trinajstić information content (AvgIpc) is 2.41. The van der Waals surface area contributed by atoms with Crippen LogP contribution in [0.3, 0.4) is 0 Å². The third-order valence-corrected chi connectivity index (χ3v) is 4.24. The Morgan fingerprint density at radius 2 is 1.65 bits per heavy atom. The summed E-state index contributed by atoms with van der Waals surface area (Å²) in [5.41, 5.74) is 6.92. The monoisotopic (exact) mass is 275 g/mol. The SMILES string of the molecule is CC(C)C1CCC(Nc2ccc(NC(N)=O)cc2)CC1. The second-order valence-electron chi connectivity index (χ2n) is 6.07. The van der Waals surface area contributed by atoms with Crippen LogP contribution >= 0.6 is 0 Å². The van der Waals surface area contributed by atoms with E-state index in [4.69, 9.17) is 5.73 Å². The summed E-state index contributed by atoms with van der Waals surface area (Å²) >= 11 is 0. The molecule has 1 aromatic rings. The molecule has 0 bridgehead atoms. The van der Waals surface area contributed by atoms with Crippen LogP contribution in [0.5, 0.6) is 0 Å². The van der Waals surface area contributed by atoms with Gasteiger partial charge in [0.2, 0.25) is 0 Å². The summed E-state index contributed by atoms with van der Waals surface area (Å²) in [5.74, 6) is 1.69. The van der Waals surface area contributed by atoms with E-state index in [1.165, 1.54) is 25.7 Å². The molecule has 1 aromatic carbocycles. The van der Waals surface area contributed by atoms with Gasteiger partial charge in [-0.3, -0.25) is 0 Å². The van der Waals surface area contributed by atoms with Crippen LogP contribution in [0.1, 0.15) is 39.5 Å². The molecular weight excluding hydrogens is 250 g/mol. The topological polar surface area (TPSA) is 67.2 Å². The van der Waals surface area contributed by atoms with E-state index >= 15 is 0 Å². The van der Waals surface area contributed by atoms with Gasteiger partial charge in [-0.2, -0.15) is 0 Å². The van der Waals surface area contributed by atoms with Gasteiger partial charge >= 0.3 is 6.03 Å². The molecule has 0 aromatic heterocycles. The molecule has 1 aliphatic rings. The fourth-order valence-corrected chi connectivity index (χ4v) is 2.96. The third kappa shape index (κ3) is 4.15. The summed E-state index contributed by atoms with van der Waals surface area (Å²) in [7, 11) is 0. The van der Waals surface area contributed by atoms with Crippen molar-refractivity contribution in [2.24, 2.45) is 17.6 Å². The van der Waals surface area contributed by atoms with Crippen LogP contribution < -0.4 is 16.4 Å². The first-order valence-electron chi connectivity index (χ1n) is 7.47. The third-order valence-electron chi connectivity index (χ3n) is 4.24. The highest BCUT2D eigenvalue weighted by Crippen LogP contribution is 2.31. The van der Waals surface area contributed by atoms with Gasteiger partial charge in [-0.25, -0.2) is 4.79 Å². The van der Waals surface area contributed by atoms with E-state index in [0.29, 0.717) is 6.04 Å². The molecule has 1 aliphatic carbocycles. The minimum Gasteiger partial charge on any atom is -0.382 e. The lowest BCUT2D eigenvalue weighted by molar-refractivity contribution is 0.259. The first kappa shape index (κ1) is 14.7. The number of benzene rings is 1. The first-order valence-corrected chi connectivity index (χ1v) is 7.47. The second kappa shape index (κ2) is 6.64. The Hall–Kier alpha value is -1.71. The molecule has 20 heavy (non-hydrogen) atoms. The molecule has 0 saturated heterocycles. The van der Waals surface area contributed by atoms with Crippen molar-refractivity contribution in [2.75, 3.05) is 10.6 Å². The number of rotatable bonds is 4. The first-order chi connectivity index (χ1) is 9.54. The van der Waals surface area contributed by atoms with Crippen molar-refractivity contribution in [1.82, 2.24) is 0 Å². The maximum absolute atomic E-state index is 10.8. The Balaban J connectivity index is 1.83. The Labute approximate surface area is 121 Å². The Kier molecular flexibility index (Phi) is 4.88. The molecular formula is C16H25N3O. The molecule has 4 nitrogen and oxygen atoms in total. The maximum atomic E-state index is 10.8. The van der Waals surface area contributed by atoms with E-state index in [0.717, 1.165) is 23.2 Å². The van der Waals surface area contributed by atoms with Gasteiger partial charge in [-0.1, -0.05) is 13.8 Å². The van der Waals surface area contributed by atoms with E-state index in [9.17, 15) is 4.79 Å². The molecule has 0 unspecified atom stereocenters. The van der Waals surface area contributed by atoms with Gasteiger partial charge in [-0.15, -0.1) is 0 Å². The van der Waals surface area contributed by atoms with E-state index in [2.05, 4.69) is 24.5 Å². The van der Waals surface area contributed by atoms with Gasteiger partial charge in [0.05, 0.1) is 0 Å². The molecule has 1 fully saturated rings. The lowest BCUT2D eigenvalue weighted by atomic mass is 9.79. The van der Waals surface area contributed by atoms with Gasteiger partial charge in [-0.05, 0) is 61.8 Å². The fourth-order valence-electron chi connectivity index (χ4n) is 2.96. The number of hydrogen-bond acceptors (Lipinski definition) is 2. The van der Waals surface area contributed by atoms with Crippen LogP contribution in [0, 0.1) is 11.8 Å². The predicted octanol–water partition coefficient (Wildman–Crippen LogP) is 3.80. The quantitative estimate of drug-likeness (QED) is 0.782. The molecule has 2 amide bonds. The average molecular weight is 275 g/mol. The summed E-state index contributed by atoms with van der Waals surface area (Å²) < 4.78 is 0. The van der Waals surface area contributed by atoms with Crippen molar-refractivity contribution < 1.29 is 4.79 Å². The normalized spacial score (nSPS) is 22.6.